The van der Waals surface area contributed by atoms with Crippen LogP contribution in [0.1, 0.15) is 19.0 Å². The van der Waals surface area contributed by atoms with Crippen molar-refractivity contribution in [1.82, 2.24) is 20.1 Å². The van der Waals surface area contributed by atoms with Gasteiger partial charge in [-0.2, -0.15) is 13.2 Å². The van der Waals surface area contributed by atoms with Crippen molar-refractivity contribution in [2.24, 2.45) is 5.92 Å². The Kier molecular flexibility index (Phi) is 7.17. The van der Waals surface area contributed by atoms with Gasteiger partial charge in [-0.25, -0.2) is 4.79 Å². The van der Waals surface area contributed by atoms with Crippen LogP contribution in [0, 0.1) is 5.92 Å². The first kappa shape index (κ1) is 22.6. The van der Waals surface area contributed by atoms with Crippen LogP contribution >= 0.6 is 0 Å². The van der Waals surface area contributed by atoms with Gasteiger partial charge in [-0.15, -0.1) is 0 Å². The van der Waals surface area contributed by atoms with Gasteiger partial charge in [0.1, 0.15) is 6.04 Å². The molecule has 3 atom stereocenters. The number of likely N-dealkylation sites (tertiary alicyclic amines) is 2. The predicted molar refractivity (Wildman–Crippen MR) is 95.5 cm³/mol. The zero-order valence-electron chi connectivity index (χ0n) is 16.0. The van der Waals surface area contributed by atoms with Crippen LogP contribution in [0.3, 0.4) is 0 Å². The van der Waals surface area contributed by atoms with E-state index >= 15 is 0 Å². The summed E-state index contributed by atoms with van der Waals surface area (Å²) in [7, 11) is 1.63. The van der Waals surface area contributed by atoms with E-state index in [1.165, 1.54) is 0 Å². The molecule has 3 heterocycles. The summed E-state index contributed by atoms with van der Waals surface area (Å²) < 4.78 is 31.7. The number of carbonyl (C=O) groups is 3. The van der Waals surface area contributed by atoms with Crippen molar-refractivity contribution in [3.05, 3.63) is 30.1 Å². The van der Waals surface area contributed by atoms with Crippen molar-refractivity contribution in [2.45, 2.75) is 38.1 Å². The van der Waals surface area contributed by atoms with E-state index in [1.54, 1.807) is 25.1 Å². The lowest BCUT2D eigenvalue weighted by Gasteiger charge is -2.28. The number of hydrogen-bond acceptors (Lipinski definition) is 5. The van der Waals surface area contributed by atoms with Gasteiger partial charge in [0, 0.05) is 45.8 Å². The summed E-state index contributed by atoms with van der Waals surface area (Å²) in [5.74, 6) is -2.45. The second-order valence-electron chi connectivity index (χ2n) is 6.94. The van der Waals surface area contributed by atoms with Crippen molar-refractivity contribution < 1.29 is 32.7 Å². The molecule has 0 unspecified atom stereocenters. The average Bonchev–Trinajstić information content (AvgIpc) is 3.18. The van der Waals surface area contributed by atoms with E-state index < -0.39 is 12.1 Å². The molecule has 3 rings (SSSR count). The number of carbonyl (C=O) groups excluding carboxylic acids is 2. The van der Waals surface area contributed by atoms with Gasteiger partial charge in [-0.05, 0) is 24.5 Å². The molecule has 1 aromatic heterocycles. The number of aliphatic carboxylic acids is 1. The molecule has 8 nitrogen and oxygen atoms in total. The van der Waals surface area contributed by atoms with E-state index in [2.05, 4.69) is 15.2 Å². The second-order valence-corrected chi connectivity index (χ2v) is 6.94. The van der Waals surface area contributed by atoms with Crippen molar-refractivity contribution >= 4 is 17.8 Å². The number of aromatic nitrogens is 1. The van der Waals surface area contributed by atoms with Crippen LogP contribution in [0.5, 0.6) is 0 Å². The van der Waals surface area contributed by atoms with Gasteiger partial charge in [-0.1, -0.05) is 6.07 Å². The van der Waals surface area contributed by atoms with Gasteiger partial charge >= 0.3 is 12.1 Å². The maximum absolute atomic E-state index is 12.0. The summed E-state index contributed by atoms with van der Waals surface area (Å²) in [6.07, 6.45) is -2.53. The topological polar surface area (TPSA) is 103 Å². The highest BCUT2D eigenvalue weighted by Gasteiger charge is 2.49. The van der Waals surface area contributed by atoms with Crippen LogP contribution in [0.4, 0.5) is 13.2 Å². The van der Waals surface area contributed by atoms with Gasteiger partial charge < -0.3 is 15.3 Å². The quantitative estimate of drug-likeness (QED) is 0.759. The van der Waals surface area contributed by atoms with Crippen LogP contribution in [0.25, 0.3) is 0 Å². The Balaban J connectivity index is 0.000000370. The zero-order valence-corrected chi connectivity index (χ0v) is 16.0. The third-order valence-electron chi connectivity index (χ3n) is 4.97. The van der Waals surface area contributed by atoms with E-state index in [0.29, 0.717) is 5.92 Å². The maximum atomic E-state index is 12.0. The van der Waals surface area contributed by atoms with E-state index in [4.69, 9.17) is 9.90 Å². The highest BCUT2D eigenvalue weighted by Crippen LogP contribution is 2.36. The largest absolute Gasteiger partial charge is 0.490 e. The number of carboxylic acids is 1. The second kappa shape index (κ2) is 9.21. The summed E-state index contributed by atoms with van der Waals surface area (Å²) in [4.78, 5) is 41.4. The Morgan fingerprint density at radius 1 is 1.28 bits per heavy atom. The van der Waals surface area contributed by atoms with E-state index in [-0.39, 0.29) is 23.9 Å². The number of carboxylic acid groups (broad SMARTS) is 1. The first-order valence-corrected chi connectivity index (χ1v) is 8.97. The highest BCUT2D eigenvalue weighted by molar-refractivity contribution is 5.87. The SMILES string of the molecule is CNC(=O)[C@H]1C[C@@H]2CN(Cc3ccccn3)C[C@@H]2N1C(C)=O.O=C(O)C(F)(F)F. The standard InChI is InChI=1S/C16H22N4O2.C2HF3O2/c1-11(21)20-14(16(22)17-2)7-12-8-19(10-15(12)20)9-13-5-3-4-6-18-13;3-2(4,5)1(6)7/h3-6,12,14-15H,7-10H2,1-2H3,(H,17,22);(H,6,7)/t12-,14-,15+;/m1./s1. The van der Waals surface area contributed by atoms with Crippen LogP contribution in [0.15, 0.2) is 24.4 Å². The monoisotopic (exact) mass is 416 g/mol. The summed E-state index contributed by atoms with van der Waals surface area (Å²) in [5, 5.41) is 9.80. The number of halogens is 3. The lowest BCUT2D eigenvalue weighted by Crippen LogP contribution is -2.49. The number of alkyl halides is 3. The average molecular weight is 416 g/mol. The van der Waals surface area contributed by atoms with Gasteiger partial charge in [-0.3, -0.25) is 19.5 Å². The smallest absolute Gasteiger partial charge is 0.475 e. The van der Waals surface area contributed by atoms with Crippen LogP contribution in [-0.4, -0.2) is 76.1 Å². The Morgan fingerprint density at radius 3 is 2.41 bits per heavy atom. The normalized spacial score (nSPS) is 23.8. The number of amides is 2. The van der Waals surface area contributed by atoms with Gasteiger partial charge in [0.2, 0.25) is 11.8 Å². The van der Waals surface area contributed by atoms with Crippen LogP contribution in [-0.2, 0) is 20.9 Å². The number of nitrogens with one attached hydrogen (secondary N) is 1. The van der Waals surface area contributed by atoms with Crippen molar-refractivity contribution in [3.63, 3.8) is 0 Å². The molecule has 160 valence electrons. The van der Waals surface area contributed by atoms with Crippen LogP contribution < -0.4 is 5.32 Å². The molecule has 0 spiro atoms. The molecule has 0 radical (unpaired) electrons. The van der Waals surface area contributed by atoms with Gasteiger partial charge in [0.25, 0.3) is 0 Å². The van der Waals surface area contributed by atoms with Crippen LogP contribution in [0.2, 0.25) is 0 Å². The maximum Gasteiger partial charge on any atom is 0.490 e. The number of likely N-dealkylation sites (N-methyl/N-ethyl adjacent to an activating group) is 1. The molecule has 0 aromatic carbocycles. The summed E-state index contributed by atoms with van der Waals surface area (Å²) in [6, 6.07) is 5.75. The third kappa shape index (κ3) is 5.66. The van der Waals surface area contributed by atoms with Crippen molar-refractivity contribution in [3.8, 4) is 0 Å². The molecule has 2 saturated heterocycles. The Labute approximate surface area is 165 Å². The Hall–Kier alpha value is -2.69. The summed E-state index contributed by atoms with van der Waals surface area (Å²) in [5.41, 5.74) is 1.04. The summed E-state index contributed by atoms with van der Waals surface area (Å²) >= 11 is 0. The van der Waals surface area contributed by atoms with E-state index in [1.807, 2.05) is 18.2 Å². The molecule has 2 amide bonds. The number of nitrogens with zero attached hydrogens (tertiary/aromatic N) is 3. The number of hydrogen-bond donors (Lipinski definition) is 2. The van der Waals surface area contributed by atoms with Crippen molar-refractivity contribution in [2.75, 3.05) is 20.1 Å². The molecular weight excluding hydrogens is 393 g/mol. The van der Waals surface area contributed by atoms with Gasteiger partial charge in [0.15, 0.2) is 0 Å². The molecule has 11 heteroatoms. The summed E-state index contributed by atoms with van der Waals surface area (Å²) in [6.45, 7) is 4.08. The first-order valence-electron chi connectivity index (χ1n) is 8.97. The molecule has 0 saturated carbocycles. The fourth-order valence-electron chi connectivity index (χ4n) is 3.82. The third-order valence-corrected chi connectivity index (χ3v) is 4.97. The molecule has 1 aromatic rings. The van der Waals surface area contributed by atoms with Gasteiger partial charge in [0.05, 0.1) is 5.69 Å². The molecule has 0 aliphatic carbocycles. The minimum Gasteiger partial charge on any atom is -0.475 e. The lowest BCUT2D eigenvalue weighted by atomic mass is 10.0. The molecule has 29 heavy (non-hydrogen) atoms. The first-order chi connectivity index (χ1) is 13.5. The molecule has 2 N–H and O–H groups in total. The minimum atomic E-state index is -5.08. The molecule has 2 aliphatic rings. The fraction of sp³-hybridized carbons (Fsp3) is 0.556. The molecule has 2 aliphatic heterocycles. The van der Waals surface area contributed by atoms with E-state index in [0.717, 1.165) is 31.7 Å². The predicted octanol–water partition coefficient (Wildman–Crippen LogP) is 0.882. The Bertz CT molecular complexity index is 744. The molecule has 0 bridgehead atoms. The molecule has 2 fully saturated rings. The van der Waals surface area contributed by atoms with E-state index in [9.17, 15) is 22.8 Å². The number of rotatable bonds is 3. The molecular formula is C18H23F3N4O4. The zero-order chi connectivity index (χ0) is 21.8. The minimum absolute atomic E-state index is 0.0132. The number of pyridine rings is 1. The lowest BCUT2D eigenvalue weighted by molar-refractivity contribution is -0.192. The van der Waals surface area contributed by atoms with Crippen molar-refractivity contribution in [1.29, 1.82) is 0 Å². The highest BCUT2D eigenvalue weighted by atomic mass is 19.4. The number of fused-ring (bicyclic) bond motifs is 1. The Morgan fingerprint density at radius 2 is 1.93 bits per heavy atom. The fourth-order valence-corrected chi connectivity index (χ4v) is 3.82.